The normalized spacial score (nSPS) is 26.1. The first kappa shape index (κ1) is 28.7. The minimum Gasteiger partial charge on any atom is -0.497 e. The highest BCUT2D eigenvalue weighted by atomic mass is 16.5. The van der Waals surface area contributed by atoms with Gasteiger partial charge in [0.05, 0.1) is 45.5 Å². The van der Waals surface area contributed by atoms with E-state index in [2.05, 4.69) is 5.32 Å². The van der Waals surface area contributed by atoms with E-state index in [0.717, 1.165) is 11.1 Å². The van der Waals surface area contributed by atoms with Crippen molar-refractivity contribution >= 4 is 5.91 Å². The number of hydrogen-bond donors (Lipinski definition) is 2. The van der Waals surface area contributed by atoms with E-state index in [1.54, 1.807) is 54.7 Å². The van der Waals surface area contributed by atoms with Gasteiger partial charge in [0, 0.05) is 45.8 Å². The summed E-state index contributed by atoms with van der Waals surface area (Å²) in [6, 6.07) is 20.9. The molecule has 0 aromatic heterocycles. The molecular formula is C32H38N2O7. The Morgan fingerprint density at radius 3 is 2.22 bits per heavy atom. The van der Waals surface area contributed by atoms with Gasteiger partial charge in [0.2, 0.25) is 5.91 Å². The lowest BCUT2D eigenvalue weighted by atomic mass is 9.68. The van der Waals surface area contributed by atoms with Crippen molar-refractivity contribution < 1.29 is 33.6 Å². The molecule has 3 aromatic carbocycles. The van der Waals surface area contributed by atoms with Crippen molar-refractivity contribution in [3.8, 4) is 23.0 Å². The van der Waals surface area contributed by atoms with Crippen molar-refractivity contribution in [1.29, 1.82) is 0 Å². The first-order chi connectivity index (χ1) is 19.8. The Bertz CT molecular complexity index is 1380. The third-order valence-electron chi connectivity index (χ3n) is 8.44. The quantitative estimate of drug-likeness (QED) is 0.364. The number of benzene rings is 3. The predicted octanol–water partition coefficient (Wildman–Crippen LogP) is 3.29. The smallest absolute Gasteiger partial charge is 0.228 e. The highest BCUT2D eigenvalue weighted by molar-refractivity contribution is 5.83. The van der Waals surface area contributed by atoms with Crippen LogP contribution in [-0.4, -0.2) is 77.7 Å². The lowest BCUT2D eigenvalue weighted by molar-refractivity contribution is -0.137. The van der Waals surface area contributed by atoms with Gasteiger partial charge in [0.15, 0.2) is 5.60 Å². The fraction of sp³-hybridized carbons (Fsp3) is 0.406. The number of carbonyl (C=O) groups is 1. The van der Waals surface area contributed by atoms with Crippen LogP contribution >= 0.6 is 0 Å². The van der Waals surface area contributed by atoms with E-state index < -0.39 is 29.1 Å². The maximum Gasteiger partial charge on any atom is 0.228 e. The van der Waals surface area contributed by atoms with Crippen LogP contribution in [-0.2, 0) is 20.7 Å². The first-order valence-electron chi connectivity index (χ1n) is 13.6. The molecule has 1 saturated carbocycles. The molecule has 2 N–H and O–H groups in total. The Kier molecular flexibility index (Phi) is 7.87. The van der Waals surface area contributed by atoms with Crippen molar-refractivity contribution in [2.45, 2.75) is 23.2 Å². The Hall–Kier alpha value is -3.79. The summed E-state index contributed by atoms with van der Waals surface area (Å²) in [5.41, 5.74) is -0.384. The van der Waals surface area contributed by atoms with Crippen molar-refractivity contribution in [2.75, 3.05) is 55.7 Å². The molecule has 5 atom stereocenters. The van der Waals surface area contributed by atoms with Crippen LogP contribution in [0.25, 0.3) is 0 Å². The SMILES string of the molecule is COCCN[C@]12c3c(OC)cc(OC)cc3O[C@@]1(c1ccc(OC)cc1)[C@H](c1ccccc1)[C@@H](C(=O)N(C)C)[C@H]2O. The largest absolute Gasteiger partial charge is 0.497 e. The third kappa shape index (κ3) is 4.22. The summed E-state index contributed by atoms with van der Waals surface area (Å²) in [4.78, 5) is 15.6. The topological polar surface area (TPSA) is 98.7 Å². The molecule has 0 spiro atoms. The van der Waals surface area contributed by atoms with Gasteiger partial charge in [-0.3, -0.25) is 10.1 Å². The molecule has 2 aliphatic rings. The fourth-order valence-electron chi connectivity index (χ4n) is 6.79. The van der Waals surface area contributed by atoms with Gasteiger partial charge in [-0.2, -0.15) is 0 Å². The number of ether oxygens (including phenoxy) is 5. The average molecular weight is 563 g/mol. The molecule has 218 valence electrons. The molecule has 9 heteroatoms. The van der Waals surface area contributed by atoms with Crippen LogP contribution in [0.4, 0.5) is 0 Å². The average Bonchev–Trinajstić information content (AvgIpc) is 3.41. The molecule has 3 aromatic rings. The Balaban J connectivity index is 1.92. The van der Waals surface area contributed by atoms with Crippen LogP contribution in [0.15, 0.2) is 66.7 Å². The second-order valence-electron chi connectivity index (χ2n) is 10.6. The molecule has 1 amide bonds. The summed E-state index contributed by atoms with van der Waals surface area (Å²) in [6.07, 6.45) is -1.23. The summed E-state index contributed by atoms with van der Waals surface area (Å²) in [7, 11) is 9.80. The minimum absolute atomic E-state index is 0.209. The number of aliphatic hydroxyl groups excluding tert-OH is 1. The highest BCUT2D eigenvalue weighted by Gasteiger charge is 2.78. The lowest BCUT2D eigenvalue weighted by Gasteiger charge is -2.44. The summed E-state index contributed by atoms with van der Waals surface area (Å²) in [6.45, 7) is 0.733. The first-order valence-corrected chi connectivity index (χ1v) is 13.6. The van der Waals surface area contributed by atoms with Crippen molar-refractivity contribution in [2.24, 2.45) is 5.92 Å². The number of hydrogen-bond acceptors (Lipinski definition) is 8. The third-order valence-corrected chi connectivity index (χ3v) is 8.44. The maximum atomic E-state index is 14.1. The molecule has 1 fully saturated rings. The number of aliphatic hydroxyl groups is 1. The van der Waals surface area contributed by atoms with Crippen molar-refractivity contribution in [3.63, 3.8) is 0 Å². The van der Waals surface area contributed by atoms with E-state index in [4.69, 9.17) is 23.7 Å². The molecule has 0 bridgehead atoms. The van der Waals surface area contributed by atoms with Gasteiger partial charge >= 0.3 is 0 Å². The van der Waals surface area contributed by atoms with Gasteiger partial charge in [-0.15, -0.1) is 0 Å². The maximum absolute atomic E-state index is 14.1. The second-order valence-corrected chi connectivity index (χ2v) is 10.6. The van der Waals surface area contributed by atoms with Gasteiger partial charge in [0.25, 0.3) is 0 Å². The number of nitrogens with zero attached hydrogens (tertiary/aromatic N) is 1. The fourth-order valence-corrected chi connectivity index (χ4v) is 6.79. The van der Waals surface area contributed by atoms with E-state index in [1.165, 1.54) is 4.90 Å². The zero-order valence-electron chi connectivity index (χ0n) is 24.3. The van der Waals surface area contributed by atoms with Crippen molar-refractivity contribution in [3.05, 3.63) is 83.4 Å². The molecule has 0 radical (unpaired) electrons. The zero-order valence-corrected chi connectivity index (χ0v) is 24.3. The van der Waals surface area contributed by atoms with Gasteiger partial charge in [-0.25, -0.2) is 0 Å². The molecule has 0 unspecified atom stereocenters. The molecular weight excluding hydrogens is 524 g/mol. The summed E-state index contributed by atoms with van der Waals surface area (Å²) < 4.78 is 29.6. The van der Waals surface area contributed by atoms with E-state index in [9.17, 15) is 9.90 Å². The zero-order chi connectivity index (χ0) is 29.4. The van der Waals surface area contributed by atoms with E-state index in [0.29, 0.717) is 41.7 Å². The number of rotatable bonds is 10. The number of nitrogens with one attached hydrogen (secondary N) is 1. The van der Waals surface area contributed by atoms with Crippen LogP contribution < -0.4 is 24.3 Å². The molecule has 9 nitrogen and oxygen atoms in total. The van der Waals surface area contributed by atoms with Crippen LogP contribution in [0, 0.1) is 5.92 Å². The van der Waals surface area contributed by atoms with Crippen LogP contribution in [0.1, 0.15) is 22.6 Å². The number of fused-ring (bicyclic) bond motifs is 3. The van der Waals surface area contributed by atoms with E-state index >= 15 is 0 Å². The summed E-state index contributed by atoms with van der Waals surface area (Å²) >= 11 is 0. The number of carbonyl (C=O) groups excluding carboxylic acids is 1. The molecule has 41 heavy (non-hydrogen) atoms. The van der Waals surface area contributed by atoms with E-state index in [-0.39, 0.29) is 5.91 Å². The second kappa shape index (κ2) is 11.2. The Morgan fingerprint density at radius 2 is 1.63 bits per heavy atom. The van der Waals surface area contributed by atoms with Gasteiger partial charge < -0.3 is 33.7 Å². The Morgan fingerprint density at radius 1 is 0.951 bits per heavy atom. The van der Waals surface area contributed by atoms with Gasteiger partial charge in [-0.1, -0.05) is 42.5 Å². The van der Waals surface area contributed by atoms with Crippen LogP contribution in [0.2, 0.25) is 0 Å². The molecule has 1 aliphatic carbocycles. The van der Waals surface area contributed by atoms with Crippen molar-refractivity contribution in [1.82, 2.24) is 10.2 Å². The molecule has 0 saturated heterocycles. The van der Waals surface area contributed by atoms with Crippen LogP contribution in [0.3, 0.4) is 0 Å². The monoisotopic (exact) mass is 562 g/mol. The van der Waals surface area contributed by atoms with Gasteiger partial charge in [0.1, 0.15) is 28.5 Å². The summed E-state index contributed by atoms with van der Waals surface area (Å²) in [5, 5.41) is 16.3. The van der Waals surface area contributed by atoms with Crippen LogP contribution in [0.5, 0.6) is 23.0 Å². The molecule has 1 heterocycles. The standard InChI is InChI=1S/C32H38N2O7/c1-34(2)30(36)26-27(20-10-8-7-9-11-20)32(21-12-14-22(38-4)15-13-21)31(29(26)35,33-16-17-37-3)28-24(40-6)18-23(39-5)19-25(28)41-32/h7-15,18-19,26-27,29,33,35H,16-17H2,1-6H3/t26-,27-,29-,31+,32+/m1/s1. The number of methoxy groups -OCH3 is 4. The minimum atomic E-state index is -1.33. The molecule has 5 rings (SSSR count). The Labute approximate surface area is 240 Å². The number of amides is 1. The van der Waals surface area contributed by atoms with Gasteiger partial charge in [-0.05, 0) is 23.3 Å². The van der Waals surface area contributed by atoms with E-state index in [1.807, 2.05) is 54.6 Å². The predicted molar refractivity (Wildman–Crippen MR) is 154 cm³/mol. The highest BCUT2D eigenvalue weighted by Crippen LogP contribution is 2.70. The molecule has 1 aliphatic heterocycles. The summed E-state index contributed by atoms with van der Waals surface area (Å²) in [5.74, 6) is 0.503. The lowest BCUT2D eigenvalue weighted by Crippen LogP contribution is -2.61.